The number of nitrogens with zero attached hydrogens (tertiary/aromatic N) is 2. The third-order valence-corrected chi connectivity index (χ3v) is 7.12. The molecule has 2 aliphatic rings. The van der Waals surface area contributed by atoms with E-state index in [4.69, 9.17) is 9.72 Å². The number of nitrogens with one attached hydrogen (secondary N) is 1. The molecule has 1 N–H and O–H groups in total. The maximum atomic E-state index is 14.9. The summed E-state index contributed by atoms with van der Waals surface area (Å²) in [6.07, 6.45) is 5.18. The Labute approximate surface area is 191 Å². The molecule has 172 valence electrons. The molecule has 1 saturated carbocycles. The number of hydrogen-bond donors (Lipinski definition) is 1. The van der Waals surface area contributed by atoms with Crippen LogP contribution < -0.4 is 9.46 Å². The van der Waals surface area contributed by atoms with Crippen molar-refractivity contribution in [3.63, 3.8) is 0 Å². The van der Waals surface area contributed by atoms with E-state index in [1.807, 2.05) is 0 Å². The highest BCUT2D eigenvalue weighted by Gasteiger charge is 2.44. The molecule has 4 bridgehead atoms. The van der Waals surface area contributed by atoms with Gasteiger partial charge in [0.2, 0.25) is 10.0 Å². The zero-order valence-corrected chi connectivity index (χ0v) is 18.8. The van der Waals surface area contributed by atoms with Crippen LogP contribution in [0.25, 0.3) is 11.1 Å². The Hall–Kier alpha value is -2.91. The summed E-state index contributed by atoms with van der Waals surface area (Å²) in [6, 6.07) is 10.4. The highest BCUT2D eigenvalue weighted by atomic mass is 32.2. The lowest BCUT2D eigenvalue weighted by Crippen LogP contribution is -2.36. The van der Waals surface area contributed by atoms with Crippen LogP contribution in [0, 0.1) is 11.6 Å². The second-order valence-corrected chi connectivity index (χ2v) is 10.7. The minimum absolute atomic E-state index is 0.0639. The SMILES string of the molecule is CS(=O)(=O)N[C@H]1CC[C@@]2(Cc3ccc(F)c(c3)-c3ccc(F)cc3OCc3ccnc2n3)C1. The minimum atomic E-state index is -3.36. The lowest BCUT2D eigenvalue weighted by molar-refractivity contribution is 0.297. The monoisotopic (exact) mass is 471 g/mol. The number of sulfonamides is 1. The summed E-state index contributed by atoms with van der Waals surface area (Å²) in [5.41, 5.74) is 1.74. The van der Waals surface area contributed by atoms with E-state index in [2.05, 4.69) is 9.71 Å². The standard InChI is InChI=1S/C24H23F2N3O3S/c1-33(30,31)29-17-6-8-24(13-17)12-15-2-5-21(26)20(10-15)19-4-3-16(25)11-22(19)32-14-18-7-9-27-23(24)28-18/h2-5,7,9-11,17,29H,6,8,12-14H2,1H3/t17-,24+/m0/s1. The van der Waals surface area contributed by atoms with Crippen molar-refractivity contribution in [2.75, 3.05) is 6.26 Å². The van der Waals surface area contributed by atoms with Crippen molar-refractivity contribution in [1.29, 1.82) is 0 Å². The summed E-state index contributed by atoms with van der Waals surface area (Å²) < 4.78 is 61.1. The number of fused-ring (bicyclic) bond motifs is 7. The smallest absolute Gasteiger partial charge is 0.208 e. The maximum Gasteiger partial charge on any atom is 0.208 e. The van der Waals surface area contributed by atoms with Gasteiger partial charge in [-0.3, -0.25) is 0 Å². The van der Waals surface area contributed by atoms with Gasteiger partial charge in [0.25, 0.3) is 0 Å². The van der Waals surface area contributed by atoms with Gasteiger partial charge in [-0.1, -0.05) is 6.07 Å². The first-order valence-corrected chi connectivity index (χ1v) is 12.6. The van der Waals surface area contributed by atoms with Gasteiger partial charge >= 0.3 is 0 Å². The molecule has 1 aliphatic carbocycles. The Balaban J connectivity index is 1.64. The van der Waals surface area contributed by atoms with Crippen LogP contribution in [0.1, 0.15) is 36.3 Å². The molecule has 2 aromatic carbocycles. The Morgan fingerprint density at radius 1 is 1.12 bits per heavy atom. The zero-order valence-electron chi connectivity index (χ0n) is 18.0. The first-order chi connectivity index (χ1) is 15.7. The molecule has 1 aromatic heterocycles. The van der Waals surface area contributed by atoms with Gasteiger partial charge in [0.15, 0.2) is 0 Å². The highest BCUT2D eigenvalue weighted by Crippen LogP contribution is 2.44. The fourth-order valence-corrected chi connectivity index (χ4v) is 5.78. The van der Waals surface area contributed by atoms with E-state index in [9.17, 15) is 17.2 Å². The van der Waals surface area contributed by atoms with Gasteiger partial charge in [0.1, 0.15) is 29.8 Å². The fraction of sp³-hybridized carbons (Fsp3) is 0.333. The quantitative estimate of drug-likeness (QED) is 0.613. The molecule has 3 aromatic rings. The number of ether oxygens (including phenoxy) is 1. The van der Waals surface area contributed by atoms with Crippen molar-refractivity contribution >= 4 is 10.0 Å². The van der Waals surface area contributed by atoms with E-state index in [1.165, 1.54) is 24.3 Å². The molecule has 1 fully saturated rings. The highest BCUT2D eigenvalue weighted by molar-refractivity contribution is 7.88. The van der Waals surface area contributed by atoms with E-state index in [-0.39, 0.29) is 18.4 Å². The summed E-state index contributed by atoms with van der Waals surface area (Å²) in [5.74, 6) is -0.0682. The average Bonchev–Trinajstić information content (AvgIpc) is 3.15. The number of benzene rings is 2. The second kappa shape index (κ2) is 8.14. The van der Waals surface area contributed by atoms with E-state index < -0.39 is 27.1 Å². The van der Waals surface area contributed by atoms with E-state index in [1.54, 1.807) is 24.4 Å². The topological polar surface area (TPSA) is 81.2 Å². The summed E-state index contributed by atoms with van der Waals surface area (Å²) in [5, 5.41) is 0. The number of halogens is 2. The Morgan fingerprint density at radius 3 is 2.79 bits per heavy atom. The van der Waals surface area contributed by atoms with Gasteiger partial charge in [0, 0.05) is 34.8 Å². The molecule has 2 heterocycles. The number of rotatable bonds is 2. The zero-order chi connectivity index (χ0) is 23.2. The minimum Gasteiger partial charge on any atom is -0.487 e. The molecule has 0 unspecified atom stereocenters. The molecule has 33 heavy (non-hydrogen) atoms. The van der Waals surface area contributed by atoms with Gasteiger partial charge in [-0.2, -0.15) is 0 Å². The fourth-order valence-electron chi connectivity index (χ4n) is 4.97. The average molecular weight is 472 g/mol. The maximum absolute atomic E-state index is 14.9. The number of aromatic nitrogens is 2. The predicted molar refractivity (Wildman–Crippen MR) is 119 cm³/mol. The van der Waals surface area contributed by atoms with Crippen LogP contribution in [0.15, 0.2) is 48.7 Å². The Bertz CT molecular complexity index is 1330. The molecule has 0 saturated heterocycles. The molecule has 5 rings (SSSR count). The van der Waals surface area contributed by atoms with Gasteiger partial charge in [-0.15, -0.1) is 0 Å². The number of hydrogen-bond acceptors (Lipinski definition) is 5. The molecule has 9 heteroatoms. The third kappa shape index (κ3) is 4.47. The van der Waals surface area contributed by atoms with Crippen LogP contribution in [0.2, 0.25) is 0 Å². The normalized spacial score (nSPS) is 22.2. The van der Waals surface area contributed by atoms with Crippen LogP contribution in [0.3, 0.4) is 0 Å². The van der Waals surface area contributed by atoms with Gasteiger partial charge < -0.3 is 4.74 Å². The first-order valence-electron chi connectivity index (χ1n) is 10.7. The van der Waals surface area contributed by atoms with E-state index >= 15 is 0 Å². The van der Waals surface area contributed by atoms with Crippen molar-refractivity contribution in [3.05, 3.63) is 77.4 Å². The Morgan fingerprint density at radius 2 is 1.97 bits per heavy atom. The predicted octanol–water partition coefficient (Wildman–Crippen LogP) is 3.90. The van der Waals surface area contributed by atoms with Crippen LogP contribution in [0.5, 0.6) is 5.75 Å². The molecule has 1 spiro atoms. The van der Waals surface area contributed by atoms with Crippen LogP contribution >= 0.6 is 0 Å². The largest absolute Gasteiger partial charge is 0.487 e. The van der Waals surface area contributed by atoms with E-state index in [0.717, 1.165) is 11.8 Å². The summed E-state index contributed by atoms with van der Waals surface area (Å²) in [6.45, 7) is 0.0639. The second-order valence-electron chi connectivity index (χ2n) is 8.90. The molecule has 2 atom stereocenters. The van der Waals surface area contributed by atoms with Crippen molar-refractivity contribution in [2.24, 2.45) is 0 Å². The molecular weight excluding hydrogens is 448 g/mol. The van der Waals surface area contributed by atoms with Gasteiger partial charge in [-0.05, 0) is 61.6 Å². The molecule has 0 amide bonds. The summed E-state index contributed by atoms with van der Waals surface area (Å²) >= 11 is 0. The third-order valence-electron chi connectivity index (χ3n) is 6.36. The summed E-state index contributed by atoms with van der Waals surface area (Å²) in [7, 11) is -3.36. The lowest BCUT2D eigenvalue weighted by atomic mass is 9.78. The van der Waals surface area contributed by atoms with Crippen molar-refractivity contribution in [2.45, 2.75) is 43.7 Å². The lowest BCUT2D eigenvalue weighted by Gasteiger charge is -2.29. The van der Waals surface area contributed by atoms with Gasteiger partial charge in [0.05, 0.1) is 11.9 Å². The van der Waals surface area contributed by atoms with Crippen molar-refractivity contribution in [3.8, 4) is 16.9 Å². The molecule has 0 radical (unpaired) electrons. The van der Waals surface area contributed by atoms with Crippen molar-refractivity contribution < 1.29 is 21.9 Å². The van der Waals surface area contributed by atoms with Gasteiger partial charge in [-0.25, -0.2) is 31.9 Å². The van der Waals surface area contributed by atoms with Crippen LogP contribution in [-0.4, -0.2) is 30.7 Å². The molecule has 6 nitrogen and oxygen atoms in total. The van der Waals surface area contributed by atoms with Crippen LogP contribution in [0.4, 0.5) is 8.78 Å². The van der Waals surface area contributed by atoms with E-state index in [0.29, 0.717) is 48.3 Å². The molecule has 1 aliphatic heterocycles. The van der Waals surface area contributed by atoms with Crippen molar-refractivity contribution in [1.82, 2.24) is 14.7 Å². The summed E-state index contributed by atoms with van der Waals surface area (Å²) in [4.78, 5) is 9.29. The Kier molecular flexibility index (Phi) is 5.41. The first kappa shape index (κ1) is 21.9. The molecular formula is C24H23F2N3O3S. The van der Waals surface area contributed by atoms with Crippen LogP contribution in [-0.2, 0) is 28.5 Å².